The molecule has 0 atom stereocenters. The van der Waals surface area contributed by atoms with Gasteiger partial charge >= 0.3 is 0 Å². The van der Waals surface area contributed by atoms with Gasteiger partial charge in [-0.05, 0) is 12.1 Å². The Balaban J connectivity index is 1.71. The number of hydrogen-bond donors (Lipinski definition) is 1. The molecule has 0 aliphatic carbocycles. The summed E-state index contributed by atoms with van der Waals surface area (Å²) < 4.78 is 16.6. The van der Waals surface area contributed by atoms with Crippen molar-refractivity contribution in [3.8, 4) is 11.5 Å². The minimum Gasteiger partial charge on any atom is -0.504 e. The quantitative estimate of drug-likeness (QED) is 0.882. The Labute approximate surface area is 112 Å². The average molecular weight is 265 g/mol. The Bertz CT molecular complexity index is 447. The van der Waals surface area contributed by atoms with Crippen molar-refractivity contribution < 1.29 is 19.3 Å². The summed E-state index contributed by atoms with van der Waals surface area (Å²) in [4.78, 5) is 2.26. The van der Waals surface area contributed by atoms with E-state index in [4.69, 9.17) is 14.2 Å². The molecule has 1 spiro atoms. The molecule has 0 radical (unpaired) electrons. The predicted octanol–water partition coefficient (Wildman–Crippen LogP) is 1.74. The lowest BCUT2D eigenvalue weighted by Gasteiger charge is -2.38. The maximum atomic E-state index is 9.62. The second kappa shape index (κ2) is 4.90. The zero-order valence-electron chi connectivity index (χ0n) is 11.1. The zero-order chi connectivity index (χ0) is 13.3. The van der Waals surface area contributed by atoms with E-state index >= 15 is 0 Å². The molecule has 0 saturated carbocycles. The number of phenolic OH excluding ortho intramolecular Hbond substituents is 1. The minimum atomic E-state index is -0.350. The Morgan fingerprint density at radius 3 is 2.53 bits per heavy atom. The summed E-state index contributed by atoms with van der Waals surface area (Å²) in [5.74, 6) is 0.325. The van der Waals surface area contributed by atoms with Crippen molar-refractivity contribution in [3.05, 3.63) is 18.2 Å². The van der Waals surface area contributed by atoms with Gasteiger partial charge in [-0.25, -0.2) is 0 Å². The summed E-state index contributed by atoms with van der Waals surface area (Å²) in [7, 11) is 1.56. The summed E-state index contributed by atoms with van der Waals surface area (Å²) in [6.07, 6.45) is 1.74. The molecular formula is C14H19NO4. The molecule has 0 bridgehead atoms. The number of ether oxygens (including phenoxy) is 3. The van der Waals surface area contributed by atoms with Crippen molar-refractivity contribution in [2.24, 2.45) is 0 Å². The molecule has 1 aromatic carbocycles. The number of rotatable bonds is 2. The molecule has 104 valence electrons. The van der Waals surface area contributed by atoms with Crippen LogP contribution in [-0.2, 0) is 9.47 Å². The second-order valence-corrected chi connectivity index (χ2v) is 4.95. The molecular weight excluding hydrogens is 246 g/mol. The first-order valence-electron chi connectivity index (χ1n) is 6.62. The molecule has 2 heterocycles. The van der Waals surface area contributed by atoms with Gasteiger partial charge in [0.2, 0.25) is 0 Å². The Morgan fingerprint density at radius 1 is 1.21 bits per heavy atom. The number of piperidine rings is 1. The normalized spacial score (nSPS) is 21.8. The topological polar surface area (TPSA) is 51.2 Å². The maximum Gasteiger partial charge on any atom is 0.171 e. The van der Waals surface area contributed by atoms with Crippen LogP contribution < -0.4 is 9.64 Å². The molecule has 0 aromatic heterocycles. The molecule has 1 aromatic rings. The number of nitrogens with zero attached hydrogens (tertiary/aromatic N) is 1. The Morgan fingerprint density at radius 2 is 1.89 bits per heavy atom. The number of phenols is 1. The zero-order valence-corrected chi connectivity index (χ0v) is 11.1. The van der Waals surface area contributed by atoms with Crippen molar-refractivity contribution in [2.45, 2.75) is 18.6 Å². The highest BCUT2D eigenvalue weighted by molar-refractivity contribution is 5.56. The smallest absolute Gasteiger partial charge is 0.171 e. The van der Waals surface area contributed by atoms with E-state index < -0.39 is 0 Å². The van der Waals surface area contributed by atoms with E-state index in [9.17, 15) is 5.11 Å². The highest BCUT2D eigenvalue weighted by atomic mass is 16.7. The molecule has 3 rings (SSSR count). The molecule has 2 aliphatic heterocycles. The molecule has 0 amide bonds. The van der Waals surface area contributed by atoms with E-state index in [0.717, 1.165) is 31.6 Å². The summed E-state index contributed by atoms with van der Waals surface area (Å²) in [5.41, 5.74) is 1.06. The van der Waals surface area contributed by atoms with Gasteiger partial charge in [0, 0.05) is 37.7 Å². The van der Waals surface area contributed by atoms with Gasteiger partial charge in [0.15, 0.2) is 17.3 Å². The van der Waals surface area contributed by atoms with E-state index in [2.05, 4.69) is 4.90 Å². The lowest BCUT2D eigenvalue weighted by atomic mass is 10.0. The van der Waals surface area contributed by atoms with E-state index in [1.165, 1.54) is 0 Å². The van der Waals surface area contributed by atoms with Crippen molar-refractivity contribution in [1.29, 1.82) is 0 Å². The van der Waals surface area contributed by atoms with E-state index in [-0.39, 0.29) is 11.5 Å². The Kier molecular flexibility index (Phi) is 3.24. The molecule has 2 aliphatic rings. The SMILES string of the molecule is COc1cc(N2CCC3(CC2)OCCO3)ccc1O. The largest absolute Gasteiger partial charge is 0.504 e. The molecule has 0 unspecified atom stereocenters. The molecule has 2 fully saturated rings. The van der Waals surface area contributed by atoms with Gasteiger partial charge in [-0.1, -0.05) is 0 Å². The second-order valence-electron chi connectivity index (χ2n) is 4.95. The van der Waals surface area contributed by atoms with E-state index in [1.54, 1.807) is 13.2 Å². The number of hydrogen-bond acceptors (Lipinski definition) is 5. The Hall–Kier alpha value is -1.46. The van der Waals surface area contributed by atoms with Gasteiger partial charge < -0.3 is 24.2 Å². The van der Waals surface area contributed by atoms with Crippen LogP contribution in [0.4, 0.5) is 5.69 Å². The third-order valence-electron chi connectivity index (χ3n) is 3.87. The van der Waals surface area contributed by atoms with Crippen LogP contribution in [0.25, 0.3) is 0 Å². The molecule has 19 heavy (non-hydrogen) atoms. The van der Waals surface area contributed by atoms with Crippen molar-refractivity contribution in [2.75, 3.05) is 38.3 Å². The third kappa shape index (κ3) is 2.35. The minimum absolute atomic E-state index is 0.169. The van der Waals surface area contributed by atoms with Gasteiger partial charge in [-0.2, -0.15) is 0 Å². The summed E-state index contributed by atoms with van der Waals surface area (Å²) >= 11 is 0. The lowest BCUT2D eigenvalue weighted by molar-refractivity contribution is -0.169. The molecule has 5 heteroatoms. The van der Waals surface area contributed by atoms with Crippen LogP contribution in [0.5, 0.6) is 11.5 Å². The van der Waals surface area contributed by atoms with Crippen LogP contribution in [0.1, 0.15) is 12.8 Å². The summed E-state index contributed by atoms with van der Waals surface area (Å²) in [6, 6.07) is 5.44. The first-order chi connectivity index (χ1) is 9.22. The predicted molar refractivity (Wildman–Crippen MR) is 70.7 cm³/mol. The summed E-state index contributed by atoms with van der Waals surface area (Å²) in [5, 5.41) is 9.62. The average Bonchev–Trinajstić information content (AvgIpc) is 2.89. The fraction of sp³-hybridized carbons (Fsp3) is 0.571. The number of anilines is 1. The lowest BCUT2D eigenvalue weighted by Crippen LogP contribution is -2.45. The van der Waals surface area contributed by atoms with Gasteiger partial charge in [0.05, 0.1) is 20.3 Å². The van der Waals surface area contributed by atoms with Gasteiger partial charge in [-0.15, -0.1) is 0 Å². The van der Waals surface area contributed by atoms with E-state index in [0.29, 0.717) is 19.0 Å². The van der Waals surface area contributed by atoms with Crippen molar-refractivity contribution >= 4 is 5.69 Å². The monoisotopic (exact) mass is 265 g/mol. The first-order valence-corrected chi connectivity index (χ1v) is 6.62. The van der Waals surface area contributed by atoms with Crippen LogP contribution in [-0.4, -0.2) is 44.3 Å². The standard InChI is InChI=1S/C14H19NO4/c1-17-13-10-11(2-3-12(13)16)15-6-4-14(5-7-15)18-8-9-19-14/h2-3,10,16H,4-9H2,1H3. The van der Waals surface area contributed by atoms with Crippen LogP contribution in [0.2, 0.25) is 0 Å². The van der Waals surface area contributed by atoms with Crippen molar-refractivity contribution in [1.82, 2.24) is 0 Å². The fourth-order valence-electron chi connectivity index (χ4n) is 2.75. The third-order valence-corrected chi connectivity index (χ3v) is 3.87. The first kappa shape index (κ1) is 12.6. The van der Waals surface area contributed by atoms with Gasteiger partial charge in [0.1, 0.15) is 0 Å². The van der Waals surface area contributed by atoms with Crippen LogP contribution >= 0.6 is 0 Å². The van der Waals surface area contributed by atoms with Crippen LogP contribution in [0, 0.1) is 0 Å². The molecule has 1 N–H and O–H groups in total. The van der Waals surface area contributed by atoms with Crippen molar-refractivity contribution in [3.63, 3.8) is 0 Å². The molecule has 5 nitrogen and oxygen atoms in total. The summed E-state index contributed by atoms with van der Waals surface area (Å²) in [6.45, 7) is 3.17. The maximum absolute atomic E-state index is 9.62. The number of benzene rings is 1. The fourth-order valence-corrected chi connectivity index (χ4v) is 2.75. The highest BCUT2D eigenvalue weighted by Gasteiger charge is 2.39. The number of methoxy groups -OCH3 is 1. The van der Waals surface area contributed by atoms with Gasteiger partial charge in [-0.3, -0.25) is 0 Å². The molecule has 2 saturated heterocycles. The van der Waals surface area contributed by atoms with Crippen LogP contribution in [0.3, 0.4) is 0 Å². The highest BCUT2D eigenvalue weighted by Crippen LogP contribution is 2.35. The van der Waals surface area contributed by atoms with Gasteiger partial charge in [0.25, 0.3) is 0 Å². The van der Waals surface area contributed by atoms with E-state index in [1.807, 2.05) is 12.1 Å². The van der Waals surface area contributed by atoms with Crippen LogP contribution in [0.15, 0.2) is 18.2 Å². The number of aromatic hydroxyl groups is 1.